The van der Waals surface area contributed by atoms with Crippen LogP contribution in [0.2, 0.25) is 0 Å². The summed E-state index contributed by atoms with van der Waals surface area (Å²) in [4.78, 5) is 35.5. The maximum Gasteiger partial charge on any atom is 0.263 e. The molecule has 0 unspecified atom stereocenters. The molecule has 7 nitrogen and oxygen atoms in total. The summed E-state index contributed by atoms with van der Waals surface area (Å²) in [7, 11) is 0. The van der Waals surface area contributed by atoms with Gasteiger partial charge >= 0.3 is 0 Å². The van der Waals surface area contributed by atoms with Crippen molar-refractivity contribution >= 4 is 29.0 Å². The minimum Gasteiger partial charge on any atom is -0.347 e. The van der Waals surface area contributed by atoms with Crippen LogP contribution in [0.3, 0.4) is 0 Å². The molecule has 0 atom stereocenters. The van der Waals surface area contributed by atoms with Crippen LogP contribution < -0.4 is 10.2 Å². The van der Waals surface area contributed by atoms with E-state index < -0.39 is 0 Å². The van der Waals surface area contributed by atoms with Gasteiger partial charge in [-0.15, -0.1) is 0 Å². The van der Waals surface area contributed by atoms with Gasteiger partial charge in [0.05, 0.1) is 5.69 Å². The van der Waals surface area contributed by atoms with Crippen molar-refractivity contribution < 1.29 is 9.59 Å². The Balaban J connectivity index is 1.45. The predicted molar refractivity (Wildman–Crippen MR) is 103 cm³/mol. The van der Waals surface area contributed by atoms with E-state index in [9.17, 15) is 9.59 Å². The number of amides is 2. The number of pyridine rings is 1. The third-order valence-electron chi connectivity index (χ3n) is 4.43. The minimum absolute atomic E-state index is 0.0986. The van der Waals surface area contributed by atoms with E-state index in [4.69, 9.17) is 0 Å². The van der Waals surface area contributed by atoms with Gasteiger partial charge in [-0.05, 0) is 43.2 Å². The SMILES string of the molecule is Cc1nc(-n2cccc2)sc1C(=O)NCc1ccnc(N2CCCC2=O)c1. The van der Waals surface area contributed by atoms with E-state index >= 15 is 0 Å². The van der Waals surface area contributed by atoms with E-state index in [2.05, 4.69) is 15.3 Å². The lowest BCUT2D eigenvalue weighted by molar-refractivity contribution is -0.117. The highest BCUT2D eigenvalue weighted by molar-refractivity contribution is 7.16. The summed E-state index contributed by atoms with van der Waals surface area (Å²) in [5, 5.41) is 3.70. The predicted octanol–water partition coefficient (Wildman–Crippen LogP) is 2.69. The van der Waals surface area contributed by atoms with Gasteiger partial charge in [-0.3, -0.25) is 14.5 Å². The molecule has 8 heteroatoms. The first-order chi connectivity index (χ1) is 13.1. The fraction of sp³-hybridized carbons (Fsp3) is 0.263. The van der Waals surface area contributed by atoms with Crippen molar-refractivity contribution in [2.24, 2.45) is 0 Å². The molecule has 1 saturated heterocycles. The van der Waals surface area contributed by atoms with Gasteiger partial charge < -0.3 is 9.88 Å². The third kappa shape index (κ3) is 3.61. The topological polar surface area (TPSA) is 80.1 Å². The molecule has 4 rings (SSSR count). The zero-order chi connectivity index (χ0) is 18.8. The van der Waals surface area contributed by atoms with Crippen LogP contribution in [-0.2, 0) is 11.3 Å². The van der Waals surface area contributed by atoms with Crippen molar-refractivity contribution in [1.29, 1.82) is 0 Å². The van der Waals surface area contributed by atoms with Gasteiger partial charge in [0.2, 0.25) is 5.91 Å². The molecule has 1 aliphatic heterocycles. The van der Waals surface area contributed by atoms with Crippen molar-refractivity contribution in [1.82, 2.24) is 19.9 Å². The normalized spacial score (nSPS) is 14.0. The Labute approximate surface area is 160 Å². The zero-order valence-corrected chi connectivity index (χ0v) is 15.7. The summed E-state index contributed by atoms with van der Waals surface area (Å²) in [5.41, 5.74) is 1.61. The summed E-state index contributed by atoms with van der Waals surface area (Å²) in [6.45, 7) is 2.90. The van der Waals surface area contributed by atoms with Crippen LogP contribution in [0.25, 0.3) is 5.13 Å². The average Bonchev–Trinajstić information content (AvgIpc) is 3.40. The van der Waals surface area contributed by atoms with Crippen molar-refractivity contribution in [2.75, 3.05) is 11.4 Å². The smallest absolute Gasteiger partial charge is 0.263 e. The number of hydrogen-bond donors (Lipinski definition) is 1. The van der Waals surface area contributed by atoms with Crippen LogP contribution in [0, 0.1) is 6.92 Å². The largest absolute Gasteiger partial charge is 0.347 e. The number of aryl methyl sites for hydroxylation is 1. The molecule has 0 bridgehead atoms. The molecule has 4 heterocycles. The van der Waals surface area contributed by atoms with Crippen molar-refractivity contribution in [2.45, 2.75) is 26.3 Å². The summed E-state index contributed by atoms with van der Waals surface area (Å²) >= 11 is 1.36. The second kappa shape index (κ2) is 7.32. The molecule has 27 heavy (non-hydrogen) atoms. The maximum atomic E-state index is 12.6. The number of aromatic nitrogens is 3. The summed E-state index contributed by atoms with van der Waals surface area (Å²) < 4.78 is 1.89. The molecule has 0 spiro atoms. The molecule has 1 fully saturated rings. The Hall–Kier alpha value is -3.00. The van der Waals surface area contributed by atoms with Gasteiger partial charge in [0.15, 0.2) is 5.13 Å². The molecular formula is C19H19N5O2S. The Kier molecular flexibility index (Phi) is 4.72. The quantitative estimate of drug-likeness (QED) is 0.737. The molecule has 0 radical (unpaired) electrons. The minimum atomic E-state index is -0.154. The first-order valence-corrected chi connectivity index (χ1v) is 9.58. The highest BCUT2D eigenvalue weighted by Gasteiger charge is 2.23. The van der Waals surface area contributed by atoms with E-state index in [1.54, 1.807) is 11.1 Å². The molecule has 3 aromatic rings. The van der Waals surface area contributed by atoms with Crippen LogP contribution in [0.1, 0.15) is 33.8 Å². The Morgan fingerprint density at radius 2 is 2.15 bits per heavy atom. The summed E-state index contributed by atoms with van der Waals surface area (Å²) in [5.74, 6) is 0.591. The molecule has 2 amide bonds. The zero-order valence-electron chi connectivity index (χ0n) is 14.9. The third-order valence-corrected chi connectivity index (χ3v) is 5.60. The van der Waals surface area contributed by atoms with Gasteiger partial charge in [0, 0.05) is 38.1 Å². The fourth-order valence-electron chi connectivity index (χ4n) is 3.04. The lowest BCUT2D eigenvalue weighted by atomic mass is 10.2. The first kappa shape index (κ1) is 17.4. The van der Waals surface area contributed by atoms with Crippen LogP contribution in [0.15, 0.2) is 42.9 Å². The van der Waals surface area contributed by atoms with Crippen LogP contribution in [0.5, 0.6) is 0 Å². The maximum absolute atomic E-state index is 12.6. The van der Waals surface area contributed by atoms with E-state index in [0.717, 1.165) is 17.1 Å². The number of carbonyl (C=O) groups is 2. The monoisotopic (exact) mass is 381 g/mol. The Bertz CT molecular complexity index is 980. The van der Waals surface area contributed by atoms with E-state index in [0.29, 0.717) is 35.9 Å². The highest BCUT2D eigenvalue weighted by Crippen LogP contribution is 2.22. The van der Waals surface area contributed by atoms with Crippen LogP contribution >= 0.6 is 11.3 Å². The highest BCUT2D eigenvalue weighted by atomic mass is 32.1. The molecule has 0 aliphatic carbocycles. The van der Waals surface area contributed by atoms with E-state index in [-0.39, 0.29) is 11.8 Å². The van der Waals surface area contributed by atoms with Crippen molar-refractivity contribution in [3.63, 3.8) is 0 Å². The number of thiazole rings is 1. The van der Waals surface area contributed by atoms with E-state index in [1.807, 2.05) is 48.1 Å². The number of carbonyl (C=O) groups excluding carboxylic acids is 2. The molecule has 1 N–H and O–H groups in total. The van der Waals surface area contributed by atoms with E-state index in [1.165, 1.54) is 11.3 Å². The van der Waals surface area contributed by atoms with Gasteiger partial charge in [-0.25, -0.2) is 9.97 Å². The summed E-state index contributed by atoms with van der Waals surface area (Å²) in [6.07, 6.45) is 6.90. The lowest BCUT2D eigenvalue weighted by Gasteiger charge is -2.15. The molecule has 3 aromatic heterocycles. The van der Waals surface area contributed by atoms with Crippen molar-refractivity contribution in [3.8, 4) is 5.13 Å². The van der Waals surface area contributed by atoms with Crippen LogP contribution in [-0.4, -0.2) is 32.9 Å². The number of hydrogen-bond acceptors (Lipinski definition) is 5. The molecule has 0 saturated carbocycles. The second-order valence-electron chi connectivity index (χ2n) is 6.36. The first-order valence-electron chi connectivity index (χ1n) is 8.76. The van der Waals surface area contributed by atoms with Gasteiger partial charge in [-0.1, -0.05) is 11.3 Å². The molecular weight excluding hydrogens is 362 g/mol. The number of anilines is 1. The van der Waals surface area contributed by atoms with Crippen LogP contribution in [0.4, 0.5) is 5.82 Å². The average molecular weight is 381 g/mol. The molecule has 138 valence electrons. The molecule has 1 aliphatic rings. The van der Waals surface area contributed by atoms with Gasteiger partial charge in [0.25, 0.3) is 5.91 Å². The number of nitrogens with one attached hydrogen (secondary N) is 1. The molecule has 0 aromatic carbocycles. The lowest BCUT2D eigenvalue weighted by Crippen LogP contribution is -2.26. The standard InChI is InChI=1S/C19H19N5O2S/c1-13-17(27-19(22-13)23-8-2-3-9-23)18(26)21-12-14-6-7-20-15(11-14)24-10-4-5-16(24)25/h2-3,6-9,11H,4-5,10,12H2,1H3,(H,21,26). The number of nitrogens with zero attached hydrogens (tertiary/aromatic N) is 4. The second-order valence-corrected chi connectivity index (χ2v) is 7.33. The number of rotatable bonds is 5. The van der Waals surface area contributed by atoms with Gasteiger partial charge in [0.1, 0.15) is 10.7 Å². The van der Waals surface area contributed by atoms with Gasteiger partial charge in [-0.2, -0.15) is 0 Å². The Morgan fingerprint density at radius 1 is 1.33 bits per heavy atom. The summed E-state index contributed by atoms with van der Waals surface area (Å²) in [6, 6.07) is 7.54. The Morgan fingerprint density at radius 3 is 2.89 bits per heavy atom. The fourth-order valence-corrected chi connectivity index (χ4v) is 3.99. The van der Waals surface area contributed by atoms with Crippen molar-refractivity contribution in [3.05, 3.63) is 59.0 Å².